The fraction of sp³-hybridized carbons (Fsp3) is 0.0556. The Balaban J connectivity index is 1.98. The maximum absolute atomic E-state index is 12.4. The van der Waals surface area contributed by atoms with Crippen LogP contribution < -0.4 is 0 Å². The van der Waals surface area contributed by atoms with Crippen LogP contribution in [0, 0.1) is 3.57 Å². The van der Waals surface area contributed by atoms with Crippen molar-refractivity contribution in [3.05, 3.63) is 75.4 Å². The van der Waals surface area contributed by atoms with Crippen LogP contribution in [-0.2, 0) is 6.42 Å². The minimum absolute atomic E-state index is 0.0575. The Morgan fingerprint density at radius 1 is 0.952 bits per heavy atom. The SMILES string of the molecule is O=C(Cc1cccc2cccc(O)c12)c1ccc(I)cc1. The molecule has 3 heteroatoms. The van der Waals surface area contributed by atoms with Crippen molar-refractivity contribution in [3.63, 3.8) is 0 Å². The number of benzene rings is 3. The van der Waals surface area contributed by atoms with Crippen molar-refractivity contribution in [2.75, 3.05) is 0 Å². The van der Waals surface area contributed by atoms with Crippen LogP contribution in [0.4, 0.5) is 0 Å². The standard InChI is InChI=1S/C18H13IO2/c19-15-9-7-12(8-10-15)17(21)11-14-5-1-3-13-4-2-6-16(20)18(13)14/h1-10,20H,11H2. The van der Waals surface area contributed by atoms with Gasteiger partial charge in [-0.1, -0.05) is 42.5 Å². The molecule has 3 aromatic carbocycles. The highest BCUT2D eigenvalue weighted by Gasteiger charge is 2.11. The van der Waals surface area contributed by atoms with Crippen molar-refractivity contribution in [2.24, 2.45) is 0 Å². The Morgan fingerprint density at radius 3 is 2.33 bits per heavy atom. The predicted molar refractivity (Wildman–Crippen MR) is 92.8 cm³/mol. The highest BCUT2D eigenvalue weighted by molar-refractivity contribution is 14.1. The van der Waals surface area contributed by atoms with Gasteiger partial charge >= 0.3 is 0 Å². The third kappa shape index (κ3) is 2.93. The second kappa shape index (κ2) is 5.85. The van der Waals surface area contributed by atoms with E-state index in [1.807, 2.05) is 54.6 Å². The molecule has 0 saturated heterocycles. The molecular weight excluding hydrogens is 375 g/mol. The Hall–Kier alpha value is -1.88. The smallest absolute Gasteiger partial charge is 0.167 e. The lowest BCUT2D eigenvalue weighted by molar-refractivity contribution is 0.0993. The van der Waals surface area contributed by atoms with Crippen molar-refractivity contribution in [1.29, 1.82) is 0 Å². The molecule has 0 atom stereocenters. The first kappa shape index (κ1) is 14.1. The number of halogens is 1. The van der Waals surface area contributed by atoms with E-state index in [1.165, 1.54) is 0 Å². The molecule has 2 nitrogen and oxygen atoms in total. The van der Waals surface area contributed by atoms with Crippen molar-refractivity contribution in [2.45, 2.75) is 6.42 Å². The fourth-order valence-electron chi connectivity index (χ4n) is 2.46. The number of fused-ring (bicyclic) bond motifs is 1. The van der Waals surface area contributed by atoms with Crippen molar-refractivity contribution in [1.82, 2.24) is 0 Å². The number of carbonyl (C=O) groups is 1. The molecule has 1 N–H and O–H groups in total. The molecule has 0 heterocycles. The third-order valence-electron chi connectivity index (χ3n) is 3.49. The summed E-state index contributed by atoms with van der Waals surface area (Å²) in [7, 11) is 0. The van der Waals surface area contributed by atoms with E-state index in [1.54, 1.807) is 6.07 Å². The van der Waals surface area contributed by atoms with Gasteiger partial charge in [-0.2, -0.15) is 0 Å². The number of hydrogen-bond acceptors (Lipinski definition) is 2. The normalized spacial score (nSPS) is 10.7. The zero-order valence-electron chi connectivity index (χ0n) is 11.2. The van der Waals surface area contributed by atoms with Crippen LogP contribution in [0.25, 0.3) is 10.8 Å². The molecule has 0 unspecified atom stereocenters. The minimum atomic E-state index is 0.0575. The quantitative estimate of drug-likeness (QED) is 0.527. The maximum atomic E-state index is 12.4. The average Bonchev–Trinajstić information content (AvgIpc) is 2.48. The topological polar surface area (TPSA) is 37.3 Å². The number of aromatic hydroxyl groups is 1. The van der Waals surface area contributed by atoms with Gasteiger partial charge in [-0.15, -0.1) is 0 Å². The molecule has 0 bridgehead atoms. The predicted octanol–water partition coefficient (Wildman–Crippen LogP) is 4.58. The molecule has 0 radical (unpaired) electrons. The summed E-state index contributed by atoms with van der Waals surface area (Å²) in [6.45, 7) is 0. The van der Waals surface area contributed by atoms with Gasteiger partial charge in [0, 0.05) is 20.9 Å². The number of phenolic OH excluding ortho intramolecular Hbond substituents is 1. The van der Waals surface area contributed by atoms with Crippen LogP contribution in [0.15, 0.2) is 60.7 Å². The van der Waals surface area contributed by atoms with Gasteiger partial charge in [0.2, 0.25) is 0 Å². The van der Waals surface area contributed by atoms with E-state index in [2.05, 4.69) is 22.6 Å². The highest BCUT2D eigenvalue weighted by Crippen LogP contribution is 2.28. The summed E-state index contributed by atoms with van der Waals surface area (Å²) < 4.78 is 1.10. The second-order valence-electron chi connectivity index (χ2n) is 4.90. The molecule has 0 aliphatic rings. The maximum Gasteiger partial charge on any atom is 0.167 e. The van der Waals surface area contributed by atoms with E-state index in [9.17, 15) is 9.90 Å². The van der Waals surface area contributed by atoms with Crippen molar-refractivity contribution in [3.8, 4) is 5.75 Å². The number of carbonyl (C=O) groups excluding carboxylic acids is 1. The number of hydrogen-bond donors (Lipinski definition) is 1. The first-order valence-corrected chi connectivity index (χ1v) is 7.71. The lowest BCUT2D eigenvalue weighted by Gasteiger charge is -2.08. The van der Waals surface area contributed by atoms with Gasteiger partial charge in [-0.3, -0.25) is 4.79 Å². The van der Waals surface area contributed by atoms with Crippen LogP contribution in [0.3, 0.4) is 0 Å². The Bertz CT molecular complexity index is 802. The van der Waals surface area contributed by atoms with Gasteiger partial charge in [0.1, 0.15) is 5.75 Å². The largest absolute Gasteiger partial charge is 0.507 e. The monoisotopic (exact) mass is 388 g/mol. The van der Waals surface area contributed by atoms with Crippen molar-refractivity contribution < 1.29 is 9.90 Å². The third-order valence-corrected chi connectivity index (χ3v) is 4.21. The van der Waals surface area contributed by atoms with Crippen LogP contribution in [0.2, 0.25) is 0 Å². The summed E-state index contributed by atoms with van der Waals surface area (Å²) >= 11 is 2.21. The van der Waals surface area contributed by atoms with Gasteiger partial charge < -0.3 is 5.11 Å². The van der Waals surface area contributed by atoms with Crippen molar-refractivity contribution >= 4 is 39.1 Å². The van der Waals surface area contributed by atoms with E-state index in [-0.39, 0.29) is 18.0 Å². The number of ketones is 1. The van der Waals surface area contributed by atoms with Gasteiger partial charge in [0.15, 0.2) is 5.78 Å². The number of rotatable bonds is 3. The summed E-state index contributed by atoms with van der Waals surface area (Å²) in [5.74, 6) is 0.278. The van der Waals surface area contributed by atoms with Gasteiger partial charge in [-0.25, -0.2) is 0 Å². The molecule has 0 amide bonds. The molecular formula is C18H13IO2. The molecule has 0 fully saturated rings. The molecule has 0 spiro atoms. The molecule has 104 valence electrons. The number of Topliss-reactive ketones (excluding diaryl/α,β-unsaturated/α-hetero) is 1. The van der Waals surface area contributed by atoms with Crippen LogP contribution in [0.1, 0.15) is 15.9 Å². The summed E-state index contributed by atoms with van der Waals surface area (Å²) in [4.78, 5) is 12.4. The fourth-order valence-corrected chi connectivity index (χ4v) is 2.82. The summed E-state index contributed by atoms with van der Waals surface area (Å²) in [5, 5.41) is 11.8. The minimum Gasteiger partial charge on any atom is -0.507 e. The number of phenols is 1. The molecule has 0 saturated carbocycles. The lowest BCUT2D eigenvalue weighted by Crippen LogP contribution is -2.04. The van der Waals surface area contributed by atoms with Crippen LogP contribution >= 0.6 is 22.6 Å². The molecule has 3 rings (SSSR count). The highest BCUT2D eigenvalue weighted by atomic mass is 127. The zero-order chi connectivity index (χ0) is 14.8. The molecule has 0 aliphatic heterocycles. The zero-order valence-corrected chi connectivity index (χ0v) is 13.4. The Labute approximate surface area is 136 Å². The molecule has 0 aromatic heterocycles. The lowest BCUT2D eigenvalue weighted by atomic mass is 9.97. The first-order valence-electron chi connectivity index (χ1n) is 6.63. The van der Waals surface area contributed by atoms with Crippen LogP contribution in [-0.4, -0.2) is 10.9 Å². The van der Waals surface area contributed by atoms with E-state index in [4.69, 9.17) is 0 Å². The van der Waals surface area contributed by atoms with E-state index < -0.39 is 0 Å². The Morgan fingerprint density at radius 2 is 1.62 bits per heavy atom. The molecule has 3 aromatic rings. The van der Waals surface area contributed by atoms with Gasteiger partial charge in [0.05, 0.1) is 0 Å². The second-order valence-corrected chi connectivity index (χ2v) is 6.14. The van der Waals surface area contributed by atoms with E-state index >= 15 is 0 Å². The summed E-state index contributed by atoms with van der Waals surface area (Å²) in [6.07, 6.45) is 0.287. The van der Waals surface area contributed by atoms with Crippen LogP contribution in [0.5, 0.6) is 5.75 Å². The summed E-state index contributed by atoms with van der Waals surface area (Å²) in [6, 6.07) is 18.7. The van der Waals surface area contributed by atoms with E-state index in [0.29, 0.717) is 5.56 Å². The van der Waals surface area contributed by atoms with Gasteiger partial charge in [0.25, 0.3) is 0 Å². The Kier molecular flexibility index (Phi) is 3.92. The average molecular weight is 388 g/mol. The summed E-state index contributed by atoms with van der Waals surface area (Å²) in [5.41, 5.74) is 1.55. The van der Waals surface area contributed by atoms with Gasteiger partial charge in [-0.05, 0) is 51.7 Å². The molecule has 0 aliphatic carbocycles. The molecule has 21 heavy (non-hydrogen) atoms. The van der Waals surface area contributed by atoms with E-state index in [0.717, 1.165) is 19.9 Å². The first-order chi connectivity index (χ1) is 10.1.